The van der Waals surface area contributed by atoms with E-state index in [0.29, 0.717) is 12.4 Å². The number of amides is 1. The second-order valence-corrected chi connectivity index (χ2v) is 8.44. The van der Waals surface area contributed by atoms with E-state index in [-0.39, 0.29) is 5.91 Å². The average molecular weight is 434 g/mol. The van der Waals surface area contributed by atoms with Crippen LogP contribution in [0.1, 0.15) is 22.4 Å². The van der Waals surface area contributed by atoms with E-state index in [2.05, 4.69) is 52.7 Å². The minimum Gasteiger partial charge on any atom is -0.383 e. The molecule has 0 radical (unpaired) electrons. The number of nitrogens with zero attached hydrogens (tertiary/aromatic N) is 4. The normalized spacial score (nSPS) is 15.0. The van der Waals surface area contributed by atoms with Crippen LogP contribution in [0.5, 0.6) is 0 Å². The minimum atomic E-state index is -0.0569. The molecule has 7 heteroatoms. The van der Waals surface area contributed by atoms with Gasteiger partial charge in [-0.3, -0.25) is 9.69 Å². The van der Waals surface area contributed by atoms with Crippen LogP contribution < -0.4 is 5.73 Å². The molecule has 1 saturated heterocycles. The van der Waals surface area contributed by atoms with Crippen LogP contribution >= 0.6 is 0 Å². The van der Waals surface area contributed by atoms with Gasteiger partial charge in [0, 0.05) is 62.6 Å². The zero-order chi connectivity index (χ0) is 22.7. The number of para-hydroxylation sites is 1. The van der Waals surface area contributed by atoms with Crippen molar-refractivity contribution >= 4 is 28.7 Å². The second kappa shape index (κ2) is 9.54. The van der Waals surface area contributed by atoms with E-state index in [1.165, 1.54) is 16.5 Å². The number of benzene rings is 1. The first kappa shape index (κ1) is 22.0. The molecule has 1 aliphatic heterocycles. The summed E-state index contributed by atoms with van der Waals surface area (Å²) >= 11 is 0. The summed E-state index contributed by atoms with van der Waals surface area (Å²) in [5.74, 6) is 0.474. The molecule has 2 N–H and O–H groups in total. The number of anilines is 1. The third-order valence-corrected chi connectivity index (χ3v) is 6.07. The number of carbonyl (C=O) groups is 1. The van der Waals surface area contributed by atoms with Gasteiger partial charge in [-0.1, -0.05) is 18.2 Å². The first-order chi connectivity index (χ1) is 15.4. The Morgan fingerprint density at radius 2 is 2.06 bits per heavy atom. The van der Waals surface area contributed by atoms with Crippen LogP contribution in [0.25, 0.3) is 17.0 Å². The van der Waals surface area contributed by atoms with E-state index in [1.54, 1.807) is 23.2 Å². The highest BCUT2D eigenvalue weighted by Crippen LogP contribution is 2.23. The van der Waals surface area contributed by atoms with Crippen molar-refractivity contribution in [2.75, 3.05) is 39.1 Å². The fraction of sp³-hybridized carbons (Fsp3) is 0.360. The quantitative estimate of drug-likeness (QED) is 0.605. The van der Waals surface area contributed by atoms with Crippen molar-refractivity contribution in [3.63, 3.8) is 0 Å². The molecule has 0 aliphatic carbocycles. The number of nitrogen functional groups attached to an aromatic ring is 1. The maximum Gasteiger partial charge on any atom is 0.246 e. The average Bonchev–Trinajstić information content (AvgIpc) is 3.11. The number of ether oxygens (including phenoxy) is 1. The number of fused-ring (bicyclic) bond motifs is 1. The predicted octanol–water partition coefficient (Wildman–Crippen LogP) is 2.97. The first-order valence-electron chi connectivity index (χ1n) is 10.9. The van der Waals surface area contributed by atoms with Gasteiger partial charge in [-0.2, -0.15) is 0 Å². The maximum atomic E-state index is 12.7. The number of pyridine rings is 1. The molecule has 1 aliphatic rings. The van der Waals surface area contributed by atoms with Crippen LogP contribution in [0.15, 0.2) is 42.6 Å². The molecular formula is C25H31N5O2. The number of hydrogen-bond acceptors (Lipinski definition) is 5. The third-order valence-electron chi connectivity index (χ3n) is 6.07. The number of rotatable bonds is 6. The van der Waals surface area contributed by atoms with Crippen LogP contribution in [0.4, 0.5) is 5.82 Å². The Hall–Kier alpha value is -3.16. The summed E-state index contributed by atoms with van der Waals surface area (Å²) in [5, 5.41) is 1.19. The molecule has 0 saturated carbocycles. The number of aryl methyl sites for hydroxylation is 2. The van der Waals surface area contributed by atoms with Crippen molar-refractivity contribution in [1.82, 2.24) is 19.4 Å². The Kier molecular flexibility index (Phi) is 6.58. The Labute approximate surface area is 189 Å². The van der Waals surface area contributed by atoms with Gasteiger partial charge < -0.3 is 19.9 Å². The summed E-state index contributed by atoms with van der Waals surface area (Å²) in [6.45, 7) is 6.63. The molecule has 0 bridgehead atoms. The van der Waals surface area contributed by atoms with Crippen molar-refractivity contribution in [1.29, 1.82) is 0 Å². The van der Waals surface area contributed by atoms with Crippen LogP contribution in [0.2, 0.25) is 0 Å². The SMILES string of the molecule is Cc1cccc2cc(CN(C)C(=O)/C=C/c3cnc(N)c(CN4CCOCC4)c3)n(C)c12. The smallest absolute Gasteiger partial charge is 0.246 e. The topological polar surface area (TPSA) is 76.6 Å². The molecule has 1 amide bonds. The molecule has 7 nitrogen and oxygen atoms in total. The fourth-order valence-corrected chi connectivity index (χ4v) is 4.20. The summed E-state index contributed by atoms with van der Waals surface area (Å²) in [7, 11) is 3.87. The van der Waals surface area contributed by atoms with Crippen LogP contribution in [0.3, 0.4) is 0 Å². The van der Waals surface area contributed by atoms with E-state index in [0.717, 1.165) is 49.7 Å². The first-order valence-corrected chi connectivity index (χ1v) is 10.9. The van der Waals surface area contributed by atoms with Crippen LogP contribution in [-0.2, 0) is 29.7 Å². The molecule has 0 unspecified atom stereocenters. The lowest BCUT2D eigenvalue weighted by Crippen LogP contribution is -2.35. The van der Waals surface area contributed by atoms with Crippen LogP contribution in [0, 0.1) is 6.92 Å². The summed E-state index contributed by atoms with van der Waals surface area (Å²) < 4.78 is 7.57. The Bertz CT molecular complexity index is 1140. The standard InChI is InChI=1S/C25H31N5O2/c1-18-5-4-6-20-14-22(29(3)24(18)20)17-28(2)23(31)8-7-19-13-21(25(26)27-15-19)16-30-9-11-32-12-10-30/h4-8,13-15H,9-12,16-17H2,1-3H3,(H2,26,27)/b8-7+. The molecule has 3 aromatic rings. The van der Waals surface area contributed by atoms with Crippen molar-refractivity contribution < 1.29 is 9.53 Å². The third kappa shape index (κ3) is 4.84. The summed E-state index contributed by atoms with van der Waals surface area (Å²) in [6.07, 6.45) is 5.11. The van der Waals surface area contributed by atoms with E-state index >= 15 is 0 Å². The highest BCUT2D eigenvalue weighted by molar-refractivity contribution is 5.91. The summed E-state index contributed by atoms with van der Waals surface area (Å²) in [4.78, 5) is 21.1. The predicted molar refractivity (Wildman–Crippen MR) is 128 cm³/mol. The molecule has 3 heterocycles. The number of carbonyl (C=O) groups excluding carboxylic acids is 1. The Balaban J connectivity index is 1.43. The molecule has 168 valence electrons. The molecule has 1 aromatic carbocycles. The van der Waals surface area contributed by atoms with Gasteiger partial charge in [0.25, 0.3) is 0 Å². The lowest BCUT2D eigenvalue weighted by Gasteiger charge is -2.26. The zero-order valence-electron chi connectivity index (χ0n) is 19.0. The maximum absolute atomic E-state index is 12.7. The van der Waals surface area contributed by atoms with Crippen LogP contribution in [-0.4, -0.2) is 58.6 Å². The number of likely N-dealkylation sites (N-methyl/N-ethyl adjacent to an activating group) is 1. The van der Waals surface area contributed by atoms with Gasteiger partial charge in [-0.15, -0.1) is 0 Å². The van der Waals surface area contributed by atoms with E-state index in [1.807, 2.05) is 13.1 Å². The lowest BCUT2D eigenvalue weighted by atomic mass is 10.1. The highest BCUT2D eigenvalue weighted by Gasteiger charge is 2.14. The Morgan fingerprint density at radius 1 is 1.28 bits per heavy atom. The monoisotopic (exact) mass is 433 g/mol. The van der Waals surface area contributed by atoms with Gasteiger partial charge in [0.1, 0.15) is 5.82 Å². The molecular weight excluding hydrogens is 402 g/mol. The van der Waals surface area contributed by atoms with E-state index in [9.17, 15) is 4.79 Å². The van der Waals surface area contributed by atoms with Crippen molar-refractivity contribution in [2.24, 2.45) is 7.05 Å². The van der Waals surface area contributed by atoms with E-state index in [4.69, 9.17) is 10.5 Å². The molecule has 2 aromatic heterocycles. The summed E-state index contributed by atoms with van der Waals surface area (Å²) in [5.41, 5.74) is 11.5. The largest absolute Gasteiger partial charge is 0.383 e. The van der Waals surface area contributed by atoms with Crippen molar-refractivity contribution in [3.05, 3.63) is 65.0 Å². The van der Waals surface area contributed by atoms with E-state index < -0.39 is 0 Å². The number of morpholine rings is 1. The molecule has 0 atom stereocenters. The van der Waals surface area contributed by atoms with Crippen molar-refractivity contribution in [3.8, 4) is 0 Å². The van der Waals surface area contributed by atoms with Gasteiger partial charge in [-0.25, -0.2) is 4.98 Å². The van der Waals surface area contributed by atoms with Gasteiger partial charge in [0.2, 0.25) is 5.91 Å². The summed E-state index contributed by atoms with van der Waals surface area (Å²) in [6, 6.07) is 10.4. The van der Waals surface area contributed by atoms with Gasteiger partial charge in [0.05, 0.1) is 25.3 Å². The second-order valence-electron chi connectivity index (χ2n) is 8.44. The molecule has 4 rings (SSSR count). The van der Waals surface area contributed by atoms with Gasteiger partial charge in [-0.05, 0) is 36.3 Å². The van der Waals surface area contributed by atoms with Gasteiger partial charge >= 0.3 is 0 Å². The number of hydrogen-bond donors (Lipinski definition) is 1. The molecule has 32 heavy (non-hydrogen) atoms. The number of aromatic nitrogens is 2. The van der Waals surface area contributed by atoms with Gasteiger partial charge in [0.15, 0.2) is 0 Å². The zero-order valence-corrected chi connectivity index (χ0v) is 19.0. The minimum absolute atomic E-state index is 0.0569. The number of nitrogens with two attached hydrogens (primary N) is 1. The van der Waals surface area contributed by atoms with Crippen molar-refractivity contribution in [2.45, 2.75) is 20.0 Å². The molecule has 1 fully saturated rings. The highest BCUT2D eigenvalue weighted by atomic mass is 16.5. The fourth-order valence-electron chi connectivity index (χ4n) is 4.20. The Morgan fingerprint density at radius 3 is 2.81 bits per heavy atom. The molecule has 0 spiro atoms. The lowest BCUT2D eigenvalue weighted by molar-refractivity contribution is -0.125.